The van der Waals surface area contributed by atoms with E-state index >= 15 is 0 Å². The van der Waals surface area contributed by atoms with Gasteiger partial charge in [-0.15, -0.1) is 0 Å². The van der Waals surface area contributed by atoms with Crippen LogP contribution in [-0.2, 0) is 20.9 Å². The molecule has 1 aliphatic heterocycles. The van der Waals surface area contributed by atoms with E-state index in [1.165, 1.54) is 13.2 Å². The van der Waals surface area contributed by atoms with E-state index in [2.05, 4.69) is 0 Å². The van der Waals surface area contributed by atoms with Crippen molar-refractivity contribution in [3.63, 3.8) is 0 Å². The number of benzene rings is 2. The molecule has 2 aromatic rings. The van der Waals surface area contributed by atoms with E-state index in [1.807, 2.05) is 17.0 Å². The van der Waals surface area contributed by atoms with Crippen LogP contribution in [0, 0.1) is 5.82 Å². The fourth-order valence-corrected chi connectivity index (χ4v) is 3.83. The SMILES string of the molecule is COC(=O)CN(CC(=O)N1CCN(c2ccccc2F)CC1)Cc1cc(OC)cc(OC)c1. The number of anilines is 1. The van der Waals surface area contributed by atoms with Crippen LogP contribution in [0.25, 0.3) is 0 Å². The summed E-state index contributed by atoms with van der Waals surface area (Å²) < 4.78 is 29.5. The first-order chi connectivity index (χ1) is 15.9. The maximum Gasteiger partial charge on any atom is 0.319 e. The molecule has 0 spiro atoms. The Hall–Kier alpha value is -3.33. The van der Waals surface area contributed by atoms with E-state index < -0.39 is 5.97 Å². The van der Waals surface area contributed by atoms with Crippen molar-refractivity contribution >= 4 is 17.6 Å². The minimum absolute atomic E-state index is 0.0308. The molecule has 178 valence electrons. The van der Waals surface area contributed by atoms with Crippen molar-refractivity contribution in [3.05, 3.63) is 53.8 Å². The number of piperazine rings is 1. The van der Waals surface area contributed by atoms with E-state index in [9.17, 15) is 14.0 Å². The Morgan fingerprint density at radius 3 is 2.15 bits per heavy atom. The Morgan fingerprint density at radius 1 is 0.939 bits per heavy atom. The molecule has 8 nitrogen and oxygen atoms in total. The van der Waals surface area contributed by atoms with Gasteiger partial charge in [0.15, 0.2) is 0 Å². The Morgan fingerprint density at radius 2 is 1.58 bits per heavy atom. The van der Waals surface area contributed by atoms with Gasteiger partial charge in [-0.1, -0.05) is 12.1 Å². The van der Waals surface area contributed by atoms with Crippen LogP contribution in [0.2, 0.25) is 0 Å². The van der Waals surface area contributed by atoms with Gasteiger partial charge >= 0.3 is 5.97 Å². The van der Waals surface area contributed by atoms with Gasteiger partial charge in [0.05, 0.1) is 40.1 Å². The van der Waals surface area contributed by atoms with Crippen LogP contribution >= 0.6 is 0 Å². The Labute approximate surface area is 193 Å². The van der Waals surface area contributed by atoms with Crippen LogP contribution in [0.4, 0.5) is 10.1 Å². The first-order valence-electron chi connectivity index (χ1n) is 10.7. The summed E-state index contributed by atoms with van der Waals surface area (Å²) in [6.07, 6.45) is 0. The van der Waals surface area contributed by atoms with E-state index in [0.717, 1.165) is 5.56 Å². The highest BCUT2D eigenvalue weighted by Gasteiger charge is 2.25. The molecular formula is C24H30FN3O5. The fraction of sp³-hybridized carbons (Fsp3) is 0.417. The number of hydrogen-bond acceptors (Lipinski definition) is 7. The third-order valence-electron chi connectivity index (χ3n) is 5.58. The second-order valence-electron chi connectivity index (χ2n) is 7.76. The lowest BCUT2D eigenvalue weighted by atomic mass is 10.1. The summed E-state index contributed by atoms with van der Waals surface area (Å²) >= 11 is 0. The molecule has 1 amide bonds. The van der Waals surface area contributed by atoms with Crippen molar-refractivity contribution in [2.45, 2.75) is 6.54 Å². The summed E-state index contributed by atoms with van der Waals surface area (Å²) in [7, 11) is 4.45. The molecule has 0 aliphatic carbocycles. The molecule has 0 bridgehead atoms. The normalized spacial score (nSPS) is 13.7. The molecular weight excluding hydrogens is 429 g/mol. The molecule has 0 N–H and O–H groups in total. The number of amides is 1. The molecule has 0 atom stereocenters. The van der Waals surface area contributed by atoms with Crippen LogP contribution in [0.3, 0.4) is 0 Å². The third kappa shape index (κ3) is 6.58. The molecule has 0 saturated carbocycles. The molecule has 0 aromatic heterocycles. The van der Waals surface area contributed by atoms with E-state index in [0.29, 0.717) is 49.9 Å². The molecule has 2 aromatic carbocycles. The number of para-hydroxylation sites is 1. The van der Waals surface area contributed by atoms with Gasteiger partial charge in [-0.05, 0) is 29.8 Å². The predicted octanol–water partition coefficient (Wildman–Crippen LogP) is 2.17. The van der Waals surface area contributed by atoms with Gasteiger partial charge in [-0.25, -0.2) is 4.39 Å². The average Bonchev–Trinajstić information content (AvgIpc) is 2.84. The van der Waals surface area contributed by atoms with Crippen LogP contribution in [0.1, 0.15) is 5.56 Å². The van der Waals surface area contributed by atoms with Gasteiger partial charge in [-0.3, -0.25) is 14.5 Å². The highest BCUT2D eigenvalue weighted by Crippen LogP contribution is 2.24. The number of ether oxygens (including phenoxy) is 3. The minimum Gasteiger partial charge on any atom is -0.497 e. The summed E-state index contributed by atoms with van der Waals surface area (Å²) in [6.45, 7) is 2.39. The second kappa shape index (κ2) is 11.5. The molecule has 0 unspecified atom stereocenters. The summed E-state index contributed by atoms with van der Waals surface area (Å²) in [5.41, 5.74) is 1.39. The quantitative estimate of drug-likeness (QED) is 0.532. The molecule has 3 rings (SSSR count). The molecule has 1 fully saturated rings. The fourth-order valence-electron chi connectivity index (χ4n) is 3.83. The summed E-state index contributed by atoms with van der Waals surface area (Å²) in [5, 5.41) is 0. The average molecular weight is 460 g/mol. The number of carbonyl (C=O) groups excluding carboxylic acids is 2. The predicted molar refractivity (Wildman–Crippen MR) is 122 cm³/mol. The summed E-state index contributed by atoms with van der Waals surface area (Å²) in [5.74, 6) is 0.454. The smallest absolute Gasteiger partial charge is 0.319 e. The zero-order valence-electron chi connectivity index (χ0n) is 19.3. The van der Waals surface area contributed by atoms with Gasteiger partial charge in [-0.2, -0.15) is 0 Å². The Kier molecular flexibility index (Phi) is 8.48. The zero-order valence-corrected chi connectivity index (χ0v) is 19.3. The first kappa shape index (κ1) is 24.3. The highest BCUT2D eigenvalue weighted by atomic mass is 19.1. The number of esters is 1. The molecule has 9 heteroatoms. The lowest BCUT2D eigenvalue weighted by Crippen LogP contribution is -2.51. The molecule has 1 heterocycles. The number of carbonyl (C=O) groups is 2. The number of hydrogen-bond donors (Lipinski definition) is 0. The molecule has 33 heavy (non-hydrogen) atoms. The van der Waals surface area contributed by atoms with Crippen molar-refractivity contribution < 1.29 is 28.2 Å². The molecule has 1 saturated heterocycles. The van der Waals surface area contributed by atoms with Gasteiger partial charge in [0.25, 0.3) is 0 Å². The lowest BCUT2D eigenvalue weighted by molar-refractivity contribution is -0.143. The largest absolute Gasteiger partial charge is 0.497 e. The lowest BCUT2D eigenvalue weighted by Gasteiger charge is -2.37. The number of nitrogens with zero attached hydrogens (tertiary/aromatic N) is 3. The number of methoxy groups -OCH3 is 3. The highest BCUT2D eigenvalue weighted by molar-refractivity contribution is 5.79. The van der Waals surface area contributed by atoms with Gasteiger partial charge < -0.3 is 24.0 Å². The van der Waals surface area contributed by atoms with E-state index in [1.54, 1.807) is 48.3 Å². The van der Waals surface area contributed by atoms with Gasteiger partial charge in [0, 0.05) is 38.8 Å². The van der Waals surface area contributed by atoms with Crippen molar-refractivity contribution in [3.8, 4) is 11.5 Å². The van der Waals surface area contributed by atoms with Crippen LogP contribution in [-0.4, -0.2) is 82.3 Å². The van der Waals surface area contributed by atoms with Crippen molar-refractivity contribution in [1.82, 2.24) is 9.80 Å². The molecule has 1 aliphatic rings. The maximum absolute atomic E-state index is 14.1. The number of rotatable bonds is 9. The van der Waals surface area contributed by atoms with Gasteiger partial charge in [0.1, 0.15) is 17.3 Å². The number of halogens is 1. The van der Waals surface area contributed by atoms with E-state index in [-0.39, 0.29) is 24.8 Å². The van der Waals surface area contributed by atoms with Crippen molar-refractivity contribution in [2.24, 2.45) is 0 Å². The van der Waals surface area contributed by atoms with Crippen LogP contribution in [0.5, 0.6) is 11.5 Å². The Bertz CT molecular complexity index is 941. The standard InChI is InChI=1S/C24H30FN3O5/c1-31-19-12-18(13-20(14-19)32-2)15-26(17-24(30)33-3)16-23(29)28-10-8-27(9-11-28)22-7-5-4-6-21(22)25/h4-7,12-14H,8-11,15-17H2,1-3H3. The van der Waals surface area contributed by atoms with Crippen LogP contribution in [0.15, 0.2) is 42.5 Å². The van der Waals surface area contributed by atoms with Crippen LogP contribution < -0.4 is 14.4 Å². The maximum atomic E-state index is 14.1. The third-order valence-corrected chi connectivity index (χ3v) is 5.58. The molecule has 0 radical (unpaired) electrons. The van der Waals surface area contributed by atoms with Gasteiger partial charge in [0.2, 0.25) is 5.91 Å². The zero-order chi connectivity index (χ0) is 23.8. The summed E-state index contributed by atoms with van der Waals surface area (Å²) in [6, 6.07) is 12.1. The minimum atomic E-state index is -0.429. The topological polar surface area (TPSA) is 71.6 Å². The summed E-state index contributed by atoms with van der Waals surface area (Å²) in [4.78, 5) is 30.4. The van der Waals surface area contributed by atoms with Crippen molar-refractivity contribution in [1.29, 1.82) is 0 Å². The first-order valence-corrected chi connectivity index (χ1v) is 10.7. The van der Waals surface area contributed by atoms with Crippen molar-refractivity contribution in [2.75, 3.05) is 65.5 Å². The van der Waals surface area contributed by atoms with E-state index in [4.69, 9.17) is 14.2 Å². The second-order valence-corrected chi connectivity index (χ2v) is 7.76. The monoisotopic (exact) mass is 459 g/mol. The Balaban J connectivity index is 1.65.